The average Bonchev–Trinajstić information content (AvgIpc) is 3.10. The lowest BCUT2D eigenvalue weighted by Crippen LogP contribution is -2.41. The number of aromatic nitrogens is 4. The Morgan fingerprint density at radius 2 is 1.72 bits per heavy atom. The van der Waals surface area contributed by atoms with Crippen molar-refractivity contribution in [3.05, 3.63) is 67.5 Å². The summed E-state index contributed by atoms with van der Waals surface area (Å²) < 4.78 is 6.67. The number of para-hydroxylation sites is 1. The van der Waals surface area contributed by atoms with Crippen molar-refractivity contribution in [2.45, 2.75) is 6.92 Å². The van der Waals surface area contributed by atoms with E-state index in [4.69, 9.17) is 39.3 Å². The molecule has 2 aromatic carbocycles. The lowest BCUT2D eigenvalue weighted by molar-refractivity contribution is 0.0757. The van der Waals surface area contributed by atoms with Gasteiger partial charge < -0.3 is 4.52 Å². The van der Waals surface area contributed by atoms with Crippen LogP contribution in [0, 0.1) is 0 Å². The first kappa shape index (κ1) is 24.2. The monoisotopic (exact) mass is 515 g/mol. The smallest absolute Gasteiger partial charge is 0.377 e. The topological polar surface area (TPSA) is 99.3 Å². The van der Waals surface area contributed by atoms with E-state index in [0.29, 0.717) is 10.4 Å². The van der Waals surface area contributed by atoms with Crippen LogP contribution >= 0.6 is 43.0 Å². The van der Waals surface area contributed by atoms with Crippen LogP contribution in [0.15, 0.2) is 41.2 Å². The molecule has 0 aliphatic carbocycles. The highest BCUT2D eigenvalue weighted by Gasteiger charge is 2.25. The number of nitrogens with zero attached hydrogens (tertiary/aromatic N) is 5. The van der Waals surface area contributed by atoms with Gasteiger partial charge in [-0.05, 0) is 61.0 Å². The van der Waals surface area contributed by atoms with Gasteiger partial charge in [0.15, 0.2) is 0 Å². The van der Waals surface area contributed by atoms with Crippen molar-refractivity contribution in [1.29, 1.82) is 0 Å². The highest BCUT2D eigenvalue weighted by molar-refractivity contribution is 7.51. The van der Waals surface area contributed by atoms with E-state index in [1.807, 2.05) is 0 Å². The first-order valence-corrected chi connectivity index (χ1v) is 12.4. The van der Waals surface area contributed by atoms with Gasteiger partial charge in [0.25, 0.3) is 0 Å². The summed E-state index contributed by atoms with van der Waals surface area (Å²) in [5.41, 5.74) is -0.331. The predicted octanol–water partition coefficient (Wildman–Crippen LogP) is 4.70. The molecule has 0 saturated heterocycles. The number of hydrogen-bond acceptors (Lipinski definition) is 6. The van der Waals surface area contributed by atoms with Gasteiger partial charge in [-0.3, -0.25) is 4.90 Å². The van der Waals surface area contributed by atoms with E-state index in [1.165, 1.54) is 29.2 Å². The number of anilines is 1. The predicted molar refractivity (Wildman–Crippen MR) is 125 cm³/mol. The molecule has 168 valence electrons. The maximum absolute atomic E-state index is 13.1. The van der Waals surface area contributed by atoms with E-state index < -0.39 is 25.8 Å². The van der Waals surface area contributed by atoms with Gasteiger partial charge in [-0.1, -0.05) is 40.9 Å². The molecule has 1 aromatic heterocycles. The molecule has 0 aliphatic rings. The third-order valence-corrected chi connectivity index (χ3v) is 5.68. The molecule has 0 aliphatic heterocycles. The van der Waals surface area contributed by atoms with Gasteiger partial charge in [-0.15, -0.1) is 4.68 Å². The van der Waals surface area contributed by atoms with Crippen LogP contribution in [-0.4, -0.2) is 51.7 Å². The third-order valence-electron chi connectivity index (χ3n) is 4.21. The molecule has 9 nitrogen and oxygen atoms in total. The number of hydrogen-bond donors (Lipinski definition) is 0. The van der Waals surface area contributed by atoms with Crippen LogP contribution in [0.1, 0.15) is 17.3 Å². The van der Waals surface area contributed by atoms with E-state index in [2.05, 4.69) is 10.4 Å². The Bertz CT molecular complexity index is 1220. The second-order valence-corrected chi connectivity index (χ2v) is 9.57. The molecule has 0 N–H and O–H groups in total. The minimum Gasteiger partial charge on any atom is -0.442 e. The van der Waals surface area contributed by atoms with Crippen LogP contribution < -0.4 is 10.6 Å². The highest BCUT2D eigenvalue weighted by atomic mass is 35.5. The van der Waals surface area contributed by atoms with Crippen molar-refractivity contribution in [1.82, 2.24) is 19.8 Å². The number of carbonyl (C=O) groups is 2. The minimum atomic E-state index is -0.959. The third kappa shape index (κ3) is 4.81. The molecular formula is C19H17Cl3N5O4P. The molecular weight excluding hydrogens is 500 g/mol. The van der Waals surface area contributed by atoms with Gasteiger partial charge >= 0.3 is 17.7 Å². The van der Waals surface area contributed by atoms with Crippen molar-refractivity contribution in [2.24, 2.45) is 0 Å². The summed E-state index contributed by atoms with van der Waals surface area (Å²) in [7, 11) is -0.959. The fraction of sp³-hybridized carbons (Fsp3) is 0.211. The van der Waals surface area contributed by atoms with Gasteiger partial charge in [0.05, 0.1) is 28.8 Å². The van der Waals surface area contributed by atoms with Crippen LogP contribution in [0.4, 0.5) is 10.5 Å². The SMILES string of the molecule is CCN(C(=O)n1nnn(-c2c(Cl)cccc2Cl)c1=O)c1ccc(Cl)c(C(=O)OP(C)C)c1. The molecule has 1 amide bonds. The Morgan fingerprint density at radius 3 is 2.31 bits per heavy atom. The van der Waals surface area contributed by atoms with Gasteiger partial charge in [-0.2, -0.15) is 4.68 Å². The molecule has 32 heavy (non-hydrogen) atoms. The fourth-order valence-corrected chi connectivity index (χ4v) is 3.98. The van der Waals surface area contributed by atoms with Crippen LogP contribution in [0.25, 0.3) is 5.69 Å². The molecule has 0 bridgehead atoms. The van der Waals surface area contributed by atoms with E-state index >= 15 is 0 Å². The highest BCUT2D eigenvalue weighted by Crippen LogP contribution is 2.31. The lowest BCUT2D eigenvalue weighted by atomic mass is 10.2. The van der Waals surface area contributed by atoms with E-state index in [-0.39, 0.29) is 32.9 Å². The Kier molecular flexibility index (Phi) is 7.56. The molecule has 13 heteroatoms. The van der Waals surface area contributed by atoms with E-state index in [9.17, 15) is 14.4 Å². The van der Waals surface area contributed by atoms with Gasteiger partial charge in [0.2, 0.25) is 0 Å². The maximum atomic E-state index is 13.1. The summed E-state index contributed by atoms with van der Waals surface area (Å²) in [6, 6.07) is 8.31. The standard InChI is InChI=1S/C19H17Cl3N5O4P/c1-4-25(11-8-9-13(20)12(10-11)17(28)31-32(2)3)18(29)27-19(30)26(23-24-27)16-14(21)6-5-7-15(16)22/h5-10H,4H2,1-3H3. The van der Waals surface area contributed by atoms with Crippen LogP contribution in [0.2, 0.25) is 15.1 Å². The Labute approximate surface area is 199 Å². The minimum absolute atomic E-state index is 0.102. The summed E-state index contributed by atoms with van der Waals surface area (Å²) in [4.78, 5) is 39.6. The Morgan fingerprint density at radius 1 is 1.06 bits per heavy atom. The van der Waals surface area contributed by atoms with Crippen molar-refractivity contribution < 1.29 is 14.1 Å². The van der Waals surface area contributed by atoms with Crippen molar-refractivity contribution in [3.8, 4) is 5.69 Å². The van der Waals surface area contributed by atoms with E-state index in [1.54, 1.807) is 32.4 Å². The number of halogens is 3. The Balaban J connectivity index is 2.00. The van der Waals surface area contributed by atoms with Gasteiger partial charge in [0, 0.05) is 12.2 Å². The van der Waals surface area contributed by atoms with Crippen LogP contribution in [-0.2, 0) is 4.52 Å². The summed E-state index contributed by atoms with van der Waals surface area (Å²) in [6.45, 7) is 5.40. The summed E-state index contributed by atoms with van der Waals surface area (Å²) in [5, 5.41) is 7.92. The number of rotatable bonds is 5. The van der Waals surface area contributed by atoms with Crippen LogP contribution in [0.3, 0.4) is 0 Å². The Hall–Kier alpha value is -2.45. The fourth-order valence-electron chi connectivity index (χ4n) is 2.79. The summed E-state index contributed by atoms with van der Waals surface area (Å²) in [5.74, 6) is -0.604. The largest absolute Gasteiger partial charge is 0.442 e. The van der Waals surface area contributed by atoms with Gasteiger partial charge in [0.1, 0.15) is 5.69 Å². The average molecular weight is 517 g/mol. The number of benzene rings is 2. The maximum Gasteiger partial charge on any atom is 0.377 e. The lowest BCUT2D eigenvalue weighted by Gasteiger charge is -2.20. The van der Waals surface area contributed by atoms with Crippen molar-refractivity contribution >= 4 is 60.6 Å². The molecule has 1 heterocycles. The molecule has 0 radical (unpaired) electrons. The molecule has 0 atom stereocenters. The second kappa shape index (κ2) is 10.0. The van der Waals surface area contributed by atoms with Crippen molar-refractivity contribution in [3.63, 3.8) is 0 Å². The molecule has 3 aromatic rings. The van der Waals surface area contributed by atoms with Gasteiger partial charge in [-0.25, -0.2) is 14.4 Å². The quantitative estimate of drug-likeness (QED) is 0.360. The summed E-state index contributed by atoms with van der Waals surface area (Å²) in [6.07, 6.45) is 0. The number of tetrazole rings is 1. The summed E-state index contributed by atoms with van der Waals surface area (Å²) >= 11 is 18.4. The second-order valence-electron chi connectivity index (χ2n) is 6.54. The molecule has 3 rings (SSSR count). The molecule has 0 saturated carbocycles. The van der Waals surface area contributed by atoms with Crippen molar-refractivity contribution in [2.75, 3.05) is 24.8 Å². The zero-order chi connectivity index (χ0) is 23.6. The first-order chi connectivity index (χ1) is 15.1. The molecule has 0 unspecified atom stereocenters. The normalized spacial score (nSPS) is 11.0. The zero-order valence-corrected chi connectivity index (χ0v) is 20.3. The van der Waals surface area contributed by atoms with E-state index in [0.717, 1.165) is 4.68 Å². The molecule has 0 spiro atoms. The number of carbonyl (C=O) groups excluding carboxylic acids is 2. The number of amides is 1. The van der Waals surface area contributed by atoms with Crippen LogP contribution in [0.5, 0.6) is 0 Å². The molecule has 0 fully saturated rings. The zero-order valence-electron chi connectivity index (χ0n) is 17.1. The first-order valence-electron chi connectivity index (χ1n) is 9.16.